The number of esters is 1. The molecule has 2 atom stereocenters. The molecule has 0 radical (unpaired) electrons. The fourth-order valence-electron chi connectivity index (χ4n) is 3.98. The third-order valence-corrected chi connectivity index (χ3v) is 6.86. The van der Waals surface area contributed by atoms with Crippen molar-refractivity contribution in [1.82, 2.24) is 0 Å². The van der Waals surface area contributed by atoms with Gasteiger partial charge >= 0.3 is 5.97 Å². The second kappa shape index (κ2) is 6.71. The monoisotopic (exact) mass is 360 g/mol. The predicted molar refractivity (Wildman–Crippen MR) is 102 cm³/mol. The van der Waals surface area contributed by atoms with Crippen molar-refractivity contribution in [2.75, 3.05) is 0 Å². The molecule has 1 saturated carbocycles. The first-order valence-electron chi connectivity index (χ1n) is 9.09. The predicted octanol–water partition coefficient (Wildman–Crippen LogP) is 5.78. The van der Waals surface area contributed by atoms with Gasteiger partial charge in [0.25, 0.3) is 0 Å². The molecule has 1 aromatic carbocycles. The van der Waals surface area contributed by atoms with E-state index in [-0.39, 0.29) is 17.1 Å². The number of thioether (sulfide) groups is 1. The van der Waals surface area contributed by atoms with Crippen molar-refractivity contribution in [3.05, 3.63) is 40.5 Å². The fourth-order valence-corrected chi connectivity index (χ4v) is 4.89. The zero-order chi connectivity index (χ0) is 18.2. The van der Waals surface area contributed by atoms with E-state index in [0.717, 1.165) is 36.1 Å². The minimum Gasteiger partial charge on any atom is -0.511 e. The first kappa shape index (κ1) is 18.4. The topological polar surface area (TPSA) is 46.5 Å². The second-order valence-electron chi connectivity index (χ2n) is 8.55. The van der Waals surface area contributed by atoms with Gasteiger partial charge in [-0.05, 0) is 55.6 Å². The number of benzene rings is 1. The number of aliphatic hydroxyl groups excluding tert-OH is 1. The number of aryl methyl sites for hydroxylation is 1. The molecule has 136 valence electrons. The van der Waals surface area contributed by atoms with Crippen LogP contribution in [0.3, 0.4) is 0 Å². The van der Waals surface area contributed by atoms with Crippen molar-refractivity contribution in [3.8, 4) is 0 Å². The van der Waals surface area contributed by atoms with Crippen molar-refractivity contribution in [2.24, 2.45) is 11.3 Å². The summed E-state index contributed by atoms with van der Waals surface area (Å²) >= 11 is 1.32. The smallest absolute Gasteiger partial charge is 0.349 e. The summed E-state index contributed by atoms with van der Waals surface area (Å²) in [5.41, 5.74) is 0.758. The van der Waals surface area contributed by atoms with Gasteiger partial charge in [-0.1, -0.05) is 50.7 Å². The summed E-state index contributed by atoms with van der Waals surface area (Å²) in [6.45, 7) is 8.74. The van der Waals surface area contributed by atoms with Crippen LogP contribution >= 0.6 is 11.8 Å². The Hall–Kier alpha value is -1.42. The van der Waals surface area contributed by atoms with Crippen LogP contribution in [-0.4, -0.2) is 16.7 Å². The molecule has 1 fully saturated rings. The van der Waals surface area contributed by atoms with Crippen molar-refractivity contribution < 1.29 is 14.6 Å². The SMILES string of the molecule is Cc1ccccc1SC1=C(O)CC2(CCCC(C(C)(C)C)C2)OC1=O. The lowest BCUT2D eigenvalue weighted by molar-refractivity contribution is -0.165. The van der Waals surface area contributed by atoms with Gasteiger partial charge in [-0.3, -0.25) is 0 Å². The lowest BCUT2D eigenvalue weighted by Crippen LogP contribution is -2.45. The average Bonchev–Trinajstić information content (AvgIpc) is 2.52. The molecule has 1 N–H and O–H groups in total. The summed E-state index contributed by atoms with van der Waals surface area (Å²) in [6, 6.07) is 7.88. The molecule has 25 heavy (non-hydrogen) atoms. The highest BCUT2D eigenvalue weighted by molar-refractivity contribution is 8.04. The van der Waals surface area contributed by atoms with Crippen molar-refractivity contribution >= 4 is 17.7 Å². The maximum absolute atomic E-state index is 12.7. The molecule has 4 heteroatoms. The van der Waals surface area contributed by atoms with Gasteiger partial charge in [0.2, 0.25) is 0 Å². The van der Waals surface area contributed by atoms with Gasteiger partial charge in [-0.2, -0.15) is 0 Å². The highest BCUT2D eigenvalue weighted by atomic mass is 32.2. The van der Waals surface area contributed by atoms with E-state index < -0.39 is 5.60 Å². The molecular weight excluding hydrogens is 332 g/mol. The summed E-state index contributed by atoms with van der Waals surface area (Å²) in [4.78, 5) is 14.0. The van der Waals surface area contributed by atoms with E-state index in [1.807, 2.05) is 31.2 Å². The molecule has 0 saturated heterocycles. The normalized spacial score (nSPS) is 27.5. The van der Waals surface area contributed by atoms with Crippen LogP contribution in [0.2, 0.25) is 0 Å². The van der Waals surface area contributed by atoms with Crippen LogP contribution in [0, 0.1) is 18.3 Å². The molecule has 1 aromatic rings. The van der Waals surface area contributed by atoms with Crippen LogP contribution in [0.25, 0.3) is 0 Å². The summed E-state index contributed by atoms with van der Waals surface area (Å²) < 4.78 is 5.96. The number of aliphatic hydroxyl groups is 1. The summed E-state index contributed by atoms with van der Waals surface area (Å²) in [5.74, 6) is 0.332. The number of carbonyl (C=O) groups is 1. The van der Waals surface area contributed by atoms with E-state index in [1.54, 1.807) is 0 Å². The van der Waals surface area contributed by atoms with Crippen LogP contribution in [0.1, 0.15) is 58.4 Å². The largest absolute Gasteiger partial charge is 0.511 e. The molecule has 1 aliphatic heterocycles. The minimum atomic E-state index is -0.521. The minimum absolute atomic E-state index is 0.190. The maximum Gasteiger partial charge on any atom is 0.349 e. The molecular formula is C21H28O3S. The Labute approximate surface area is 154 Å². The Kier molecular flexibility index (Phi) is 4.93. The molecule has 3 rings (SSSR count). The molecule has 1 aliphatic carbocycles. The van der Waals surface area contributed by atoms with Crippen molar-refractivity contribution in [3.63, 3.8) is 0 Å². The third kappa shape index (κ3) is 3.89. The van der Waals surface area contributed by atoms with Crippen LogP contribution < -0.4 is 0 Å². The molecule has 2 aliphatic rings. The first-order valence-corrected chi connectivity index (χ1v) is 9.91. The number of hydrogen-bond acceptors (Lipinski definition) is 4. The molecule has 0 aromatic heterocycles. The summed E-state index contributed by atoms with van der Waals surface area (Å²) in [5, 5.41) is 10.7. The molecule has 0 bridgehead atoms. The number of rotatable bonds is 2. The van der Waals surface area contributed by atoms with Crippen LogP contribution in [0.4, 0.5) is 0 Å². The highest BCUT2D eigenvalue weighted by Gasteiger charge is 2.47. The lowest BCUT2D eigenvalue weighted by atomic mass is 9.66. The van der Waals surface area contributed by atoms with Gasteiger partial charge in [0.15, 0.2) is 0 Å². The van der Waals surface area contributed by atoms with E-state index in [9.17, 15) is 9.90 Å². The van der Waals surface area contributed by atoms with Crippen LogP contribution in [-0.2, 0) is 9.53 Å². The van der Waals surface area contributed by atoms with E-state index in [4.69, 9.17) is 4.74 Å². The number of carbonyl (C=O) groups excluding carboxylic acids is 1. The standard InChI is InChI=1S/C21H28O3S/c1-14-8-5-6-10-17(14)25-18-16(22)13-21(24-19(18)23)11-7-9-15(12-21)20(2,3)4/h5-6,8,10,15,22H,7,9,11-13H2,1-4H3. The zero-order valence-corrected chi connectivity index (χ0v) is 16.4. The van der Waals surface area contributed by atoms with Crippen LogP contribution in [0.15, 0.2) is 39.8 Å². The van der Waals surface area contributed by atoms with Gasteiger partial charge in [-0.15, -0.1) is 0 Å². The molecule has 1 heterocycles. The van der Waals surface area contributed by atoms with E-state index >= 15 is 0 Å². The van der Waals surface area contributed by atoms with Crippen molar-refractivity contribution in [1.29, 1.82) is 0 Å². The zero-order valence-electron chi connectivity index (χ0n) is 15.6. The molecule has 1 spiro atoms. The molecule has 2 unspecified atom stereocenters. The Morgan fingerprint density at radius 2 is 2.00 bits per heavy atom. The average molecular weight is 361 g/mol. The summed E-state index contributed by atoms with van der Waals surface area (Å²) in [7, 11) is 0. The second-order valence-corrected chi connectivity index (χ2v) is 9.60. The Balaban J connectivity index is 1.82. The number of ether oxygens (including phenoxy) is 1. The highest BCUT2D eigenvalue weighted by Crippen LogP contribution is 2.49. The molecule has 3 nitrogen and oxygen atoms in total. The number of hydrogen-bond donors (Lipinski definition) is 1. The fraction of sp³-hybridized carbons (Fsp3) is 0.571. The van der Waals surface area contributed by atoms with E-state index in [0.29, 0.717) is 17.2 Å². The van der Waals surface area contributed by atoms with Gasteiger partial charge in [-0.25, -0.2) is 4.79 Å². The van der Waals surface area contributed by atoms with E-state index in [1.165, 1.54) is 11.8 Å². The van der Waals surface area contributed by atoms with Gasteiger partial charge < -0.3 is 9.84 Å². The quantitative estimate of drug-likeness (QED) is 0.679. The first-order chi connectivity index (χ1) is 11.7. The summed E-state index contributed by atoms with van der Waals surface area (Å²) in [6.07, 6.45) is 4.34. The van der Waals surface area contributed by atoms with Crippen LogP contribution in [0.5, 0.6) is 0 Å². The van der Waals surface area contributed by atoms with Gasteiger partial charge in [0, 0.05) is 11.3 Å². The molecule has 0 amide bonds. The van der Waals surface area contributed by atoms with Gasteiger partial charge in [0.1, 0.15) is 16.3 Å². The Morgan fingerprint density at radius 1 is 1.28 bits per heavy atom. The Morgan fingerprint density at radius 3 is 2.64 bits per heavy atom. The van der Waals surface area contributed by atoms with Crippen molar-refractivity contribution in [2.45, 2.75) is 70.3 Å². The Bertz CT molecular complexity index is 701. The third-order valence-electron chi connectivity index (χ3n) is 5.58. The van der Waals surface area contributed by atoms with E-state index in [2.05, 4.69) is 20.8 Å². The lowest BCUT2D eigenvalue weighted by Gasteiger charge is -2.46. The maximum atomic E-state index is 12.7. The van der Waals surface area contributed by atoms with Gasteiger partial charge in [0.05, 0.1) is 0 Å².